The standard InChI is InChI=1S/C25H39N5O6S.C8H10.C7H8/c1-14(2)7-18(23(34)25(6)13-36-25)29-22(33)11-27-24(35)19(8-15(3)4)30-21(32)10-26-20(31)9-17-12-37-16(5)28-17;1-2-8-6-4-3-5-7-8;1-7-5-3-2-4-6-7/h12,14-15,18-19H,7-11,13H2,1-6H3,(H,26,31)(H,27,35)(H,29,33)(H,30,32);3-7H,2H2,1H3;2-6H,1H3/t18-,19-,25+;;/m0../s1. The third-order valence-corrected chi connectivity index (χ3v) is 8.71. The molecule has 4 amide bonds. The number of nitrogens with zero attached hydrogens (tertiary/aromatic N) is 1. The van der Waals surface area contributed by atoms with E-state index in [9.17, 15) is 24.0 Å². The van der Waals surface area contributed by atoms with Crippen molar-refractivity contribution in [2.24, 2.45) is 11.8 Å². The van der Waals surface area contributed by atoms with Crippen LogP contribution in [0, 0.1) is 25.7 Å². The highest BCUT2D eigenvalue weighted by atomic mass is 32.1. The van der Waals surface area contributed by atoms with Gasteiger partial charge in [-0.15, -0.1) is 11.3 Å². The van der Waals surface area contributed by atoms with Crippen molar-refractivity contribution in [3.8, 4) is 0 Å². The zero-order chi connectivity index (χ0) is 38.7. The van der Waals surface area contributed by atoms with E-state index >= 15 is 0 Å². The predicted octanol–water partition coefficient (Wildman–Crippen LogP) is 4.89. The van der Waals surface area contributed by atoms with Crippen molar-refractivity contribution in [2.45, 2.75) is 98.8 Å². The van der Waals surface area contributed by atoms with Crippen LogP contribution in [0.4, 0.5) is 0 Å². The normalized spacial score (nSPS) is 15.5. The summed E-state index contributed by atoms with van der Waals surface area (Å²) < 4.78 is 5.23. The number of aryl methyl sites for hydroxylation is 3. The second-order valence-corrected chi connectivity index (χ2v) is 15.0. The summed E-state index contributed by atoms with van der Waals surface area (Å²) >= 11 is 1.44. The molecule has 4 N–H and O–H groups in total. The van der Waals surface area contributed by atoms with E-state index in [0.717, 1.165) is 11.4 Å². The molecule has 1 aromatic heterocycles. The lowest BCUT2D eigenvalue weighted by Crippen LogP contribution is -2.53. The molecule has 4 rings (SSSR count). The van der Waals surface area contributed by atoms with E-state index in [0.29, 0.717) is 25.1 Å². The second kappa shape index (κ2) is 22.5. The number of rotatable bonds is 16. The van der Waals surface area contributed by atoms with Gasteiger partial charge in [0.1, 0.15) is 11.6 Å². The third kappa shape index (κ3) is 17.7. The zero-order valence-electron chi connectivity index (χ0n) is 31.9. The third-order valence-electron chi connectivity index (χ3n) is 7.89. The number of hydrogen-bond acceptors (Lipinski definition) is 8. The number of amides is 4. The number of Topliss-reactive ketones (excluding diaryl/α,β-unsaturated/α-hetero) is 1. The van der Waals surface area contributed by atoms with Crippen molar-refractivity contribution in [3.05, 3.63) is 87.9 Å². The maximum atomic E-state index is 12.8. The number of epoxide rings is 1. The number of hydrogen-bond donors (Lipinski definition) is 4. The summed E-state index contributed by atoms with van der Waals surface area (Å²) in [6, 6.07) is 19.1. The van der Waals surface area contributed by atoms with Crippen molar-refractivity contribution >= 4 is 40.7 Å². The molecule has 3 aromatic rings. The Morgan fingerprint density at radius 2 is 1.31 bits per heavy atom. The van der Waals surface area contributed by atoms with E-state index in [1.165, 1.54) is 22.5 Å². The Hall–Kier alpha value is -4.42. The fraction of sp³-hybridized carbons (Fsp3) is 0.500. The minimum atomic E-state index is -0.884. The van der Waals surface area contributed by atoms with Crippen molar-refractivity contribution in [3.63, 3.8) is 0 Å². The van der Waals surface area contributed by atoms with E-state index in [2.05, 4.69) is 76.5 Å². The first-order valence-corrected chi connectivity index (χ1v) is 18.8. The summed E-state index contributed by atoms with van der Waals surface area (Å²) in [6.45, 7) is 15.2. The van der Waals surface area contributed by atoms with E-state index in [4.69, 9.17) is 4.74 Å². The number of benzene rings is 2. The Balaban J connectivity index is 0.000000507. The molecule has 0 bridgehead atoms. The summed E-state index contributed by atoms with van der Waals surface area (Å²) in [5, 5.41) is 13.0. The Morgan fingerprint density at radius 3 is 1.75 bits per heavy atom. The lowest BCUT2D eigenvalue weighted by atomic mass is 9.93. The van der Waals surface area contributed by atoms with Crippen LogP contribution in [-0.2, 0) is 41.6 Å². The van der Waals surface area contributed by atoms with Crippen LogP contribution in [0.1, 0.15) is 76.2 Å². The molecule has 0 unspecified atom stereocenters. The van der Waals surface area contributed by atoms with Crippen LogP contribution in [0.2, 0.25) is 0 Å². The Bertz CT molecular complexity index is 1560. The molecule has 0 spiro atoms. The summed E-state index contributed by atoms with van der Waals surface area (Å²) in [7, 11) is 0. The van der Waals surface area contributed by atoms with Crippen LogP contribution in [0.5, 0.6) is 0 Å². The zero-order valence-corrected chi connectivity index (χ0v) is 32.7. The van der Waals surface area contributed by atoms with Gasteiger partial charge in [0.25, 0.3) is 0 Å². The smallest absolute Gasteiger partial charge is 0.243 e. The van der Waals surface area contributed by atoms with E-state index in [1.807, 2.05) is 58.9 Å². The SMILES string of the molecule is CCc1ccccc1.Cc1ccccc1.Cc1nc(CC(=O)NCC(=O)N[C@@H](CC(C)C)C(=O)NCC(=O)N[C@@H](CC(C)C)C(=O)[C@@]2(C)CO2)cs1. The van der Waals surface area contributed by atoms with Gasteiger partial charge in [-0.05, 0) is 57.4 Å². The first-order valence-electron chi connectivity index (χ1n) is 17.9. The van der Waals surface area contributed by atoms with Gasteiger partial charge in [-0.25, -0.2) is 4.98 Å². The van der Waals surface area contributed by atoms with E-state index in [1.54, 1.807) is 12.3 Å². The highest BCUT2D eigenvalue weighted by Gasteiger charge is 2.50. The van der Waals surface area contributed by atoms with Gasteiger partial charge >= 0.3 is 0 Å². The summed E-state index contributed by atoms with van der Waals surface area (Å²) in [5.41, 5.74) is 2.50. The lowest BCUT2D eigenvalue weighted by Gasteiger charge is -2.22. The largest absolute Gasteiger partial charge is 0.361 e. The van der Waals surface area contributed by atoms with Gasteiger partial charge in [0.2, 0.25) is 23.6 Å². The Labute approximate surface area is 313 Å². The highest BCUT2D eigenvalue weighted by Crippen LogP contribution is 2.29. The topological polar surface area (TPSA) is 159 Å². The second-order valence-electron chi connectivity index (χ2n) is 13.9. The molecule has 1 aliphatic heterocycles. The monoisotopic (exact) mass is 735 g/mol. The molecule has 0 aliphatic carbocycles. The molecule has 0 radical (unpaired) electrons. The molecule has 1 aliphatic rings. The summed E-state index contributed by atoms with van der Waals surface area (Å²) in [4.78, 5) is 66.7. The molecule has 284 valence electrons. The van der Waals surface area contributed by atoms with Gasteiger partial charge in [0, 0.05) is 5.38 Å². The van der Waals surface area contributed by atoms with Crippen LogP contribution < -0.4 is 21.3 Å². The minimum Gasteiger partial charge on any atom is -0.361 e. The number of aromatic nitrogens is 1. The van der Waals surface area contributed by atoms with Gasteiger partial charge in [0.05, 0.1) is 42.9 Å². The summed E-state index contributed by atoms with van der Waals surface area (Å²) in [6.07, 6.45) is 2.00. The van der Waals surface area contributed by atoms with Crippen LogP contribution in [0.25, 0.3) is 0 Å². The number of carbonyl (C=O) groups excluding carboxylic acids is 5. The van der Waals surface area contributed by atoms with E-state index < -0.39 is 35.4 Å². The van der Waals surface area contributed by atoms with E-state index in [-0.39, 0.29) is 43.0 Å². The van der Waals surface area contributed by atoms with Crippen molar-refractivity contribution in [1.29, 1.82) is 0 Å². The molecule has 52 heavy (non-hydrogen) atoms. The van der Waals surface area contributed by atoms with Gasteiger partial charge in [-0.1, -0.05) is 101 Å². The molecule has 1 saturated heterocycles. The number of ether oxygens (including phenoxy) is 1. The van der Waals surface area contributed by atoms with Gasteiger partial charge in [-0.3, -0.25) is 24.0 Å². The molecule has 12 heteroatoms. The predicted molar refractivity (Wildman–Crippen MR) is 206 cm³/mol. The molecule has 0 saturated carbocycles. The Morgan fingerprint density at radius 1 is 0.788 bits per heavy atom. The number of ketones is 1. The molecule has 2 aromatic carbocycles. The molecule has 3 atom stereocenters. The molecule has 11 nitrogen and oxygen atoms in total. The van der Waals surface area contributed by atoms with Gasteiger partial charge < -0.3 is 26.0 Å². The minimum absolute atomic E-state index is 0.0637. The quantitative estimate of drug-likeness (QED) is 0.153. The first kappa shape index (κ1) is 43.7. The number of nitrogens with one attached hydrogen (secondary N) is 4. The maximum Gasteiger partial charge on any atom is 0.243 e. The van der Waals surface area contributed by atoms with Crippen LogP contribution in [-0.4, -0.2) is 71.8 Å². The van der Waals surface area contributed by atoms with Gasteiger partial charge in [-0.2, -0.15) is 0 Å². The fourth-order valence-electron chi connectivity index (χ4n) is 4.95. The number of thiazole rings is 1. The summed E-state index contributed by atoms with van der Waals surface area (Å²) in [5.74, 6) is -1.83. The van der Waals surface area contributed by atoms with Gasteiger partial charge in [0.15, 0.2) is 5.78 Å². The van der Waals surface area contributed by atoms with Crippen molar-refractivity contribution in [2.75, 3.05) is 19.7 Å². The van der Waals surface area contributed by atoms with Crippen molar-refractivity contribution < 1.29 is 28.7 Å². The van der Waals surface area contributed by atoms with Crippen LogP contribution >= 0.6 is 11.3 Å². The molecular weight excluding hydrogens is 679 g/mol. The molecule has 1 fully saturated rings. The molecule has 2 heterocycles. The van der Waals surface area contributed by atoms with Crippen LogP contribution in [0.15, 0.2) is 66.0 Å². The van der Waals surface area contributed by atoms with Crippen LogP contribution in [0.3, 0.4) is 0 Å². The number of carbonyl (C=O) groups is 5. The molecular formula is C40H57N5O6S. The fourth-order valence-corrected chi connectivity index (χ4v) is 5.56. The Kier molecular flexibility index (Phi) is 18.9. The average Bonchev–Trinajstić information content (AvgIpc) is 3.73. The highest BCUT2D eigenvalue weighted by molar-refractivity contribution is 7.09. The first-order chi connectivity index (χ1) is 24.6. The lowest BCUT2D eigenvalue weighted by molar-refractivity contribution is -0.132. The van der Waals surface area contributed by atoms with Crippen molar-refractivity contribution in [1.82, 2.24) is 26.3 Å². The average molecular weight is 736 g/mol. The maximum absolute atomic E-state index is 12.8.